The van der Waals surface area contributed by atoms with Crippen molar-refractivity contribution >= 4 is 27.7 Å². The van der Waals surface area contributed by atoms with Crippen molar-refractivity contribution in [2.24, 2.45) is 0 Å². The molecule has 0 saturated carbocycles. The molecule has 0 aliphatic carbocycles. The Bertz CT molecular complexity index is 284. The predicted octanol–water partition coefficient (Wildman–Crippen LogP) is 2.56. The Labute approximate surface area is 78.7 Å². The van der Waals surface area contributed by atoms with E-state index in [1.807, 2.05) is 0 Å². The highest BCUT2D eigenvalue weighted by Crippen LogP contribution is 2.16. The molecule has 0 heterocycles. The summed E-state index contributed by atoms with van der Waals surface area (Å²) in [5.41, 5.74) is 0.658. The first-order chi connectivity index (χ1) is 5.61. The lowest BCUT2D eigenvalue weighted by Crippen LogP contribution is -2.23. The number of rotatable bonds is 1. The van der Waals surface area contributed by atoms with Crippen molar-refractivity contribution in [2.75, 3.05) is 11.9 Å². The summed E-state index contributed by atoms with van der Waals surface area (Å²) in [6.07, 6.45) is -0.961. The van der Waals surface area contributed by atoms with Crippen LogP contribution < -0.4 is 4.90 Å². The second kappa shape index (κ2) is 3.58. The molecule has 12 heavy (non-hydrogen) atoms. The first kappa shape index (κ1) is 9.06. The minimum Gasteiger partial charge on any atom is -0.465 e. The van der Waals surface area contributed by atoms with Gasteiger partial charge in [0.15, 0.2) is 0 Å². The first-order valence-corrected chi connectivity index (χ1v) is 4.13. The van der Waals surface area contributed by atoms with Crippen LogP contribution in [-0.2, 0) is 0 Å². The average molecular weight is 230 g/mol. The van der Waals surface area contributed by atoms with Gasteiger partial charge in [0.2, 0.25) is 0 Å². The van der Waals surface area contributed by atoms with Crippen molar-refractivity contribution in [2.45, 2.75) is 0 Å². The molecule has 0 aliphatic heterocycles. The fourth-order valence-electron chi connectivity index (χ4n) is 0.775. The molecule has 0 atom stereocenters. The Morgan fingerprint density at radius 2 is 1.92 bits per heavy atom. The molecule has 0 aliphatic rings. The van der Waals surface area contributed by atoms with Gasteiger partial charge < -0.3 is 5.11 Å². The zero-order valence-electron chi connectivity index (χ0n) is 6.49. The first-order valence-electron chi connectivity index (χ1n) is 3.33. The van der Waals surface area contributed by atoms with Crippen molar-refractivity contribution in [1.29, 1.82) is 0 Å². The van der Waals surface area contributed by atoms with Crippen LogP contribution in [-0.4, -0.2) is 18.2 Å². The van der Waals surface area contributed by atoms with Gasteiger partial charge in [-0.05, 0) is 24.3 Å². The molecule has 64 valence electrons. The maximum Gasteiger partial charge on any atom is 0.411 e. The summed E-state index contributed by atoms with van der Waals surface area (Å²) in [6, 6.07) is 7.07. The van der Waals surface area contributed by atoms with E-state index in [9.17, 15) is 4.79 Å². The van der Waals surface area contributed by atoms with E-state index in [0.717, 1.165) is 9.37 Å². The van der Waals surface area contributed by atoms with E-state index < -0.39 is 6.09 Å². The number of hydrogen-bond acceptors (Lipinski definition) is 1. The van der Waals surface area contributed by atoms with Gasteiger partial charge in [-0.15, -0.1) is 0 Å². The number of carbonyl (C=O) groups is 1. The van der Waals surface area contributed by atoms with Crippen LogP contribution in [0.1, 0.15) is 0 Å². The molecule has 0 bridgehead atoms. The molecule has 0 fully saturated rings. The molecule has 0 aromatic heterocycles. The van der Waals surface area contributed by atoms with E-state index in [1.54, 1.807) is 24.3 Å². The van der Waals surface area contributed by atoms with E-state index in [4.69, 9.17) is 5.11 Å². The van der Waals surface area contributed by atoms with Crippen LogP contribution in [0.5, 0.6) is 0 Å². The van der Waals surface area contributed by atoms with Gasteiger partial charge in [0.25, 0.3) is 0 Å². The number of halogens is 1. The highest BCUT2D eigenvalue weighted by molar-refractivity contribution is 9.10. The molecule has 1 N–H and O–H groups in total. The summed E-state index contributed by atoms with van der Waals surface area (Å²) in [5, 5.41) is 8.62. The van der Waals surface area contributed by atoms with Gasteiger partial charge >= 0.3 is 6.09 Å². The quantitative estimate of drug-likeness (QED) is 0.805. The van der Waals surface area contributed by atoms with Gasteiger partial charge in [-0.2, -0.15) is 0 Å². The molecule has 0 saturated heterocycles. The third kappa shape index (κ3) is 1.98. The zero-order valence-corrected chi connectivity index (χ0v) is 8.08. The lowest BCUT2D eigenvalue weighted by Gasteiger charge is -2.12. The monoisotopic (exact) mass is 229 g/mol. The Morgan fingerprint density at radius 3 is 2.33 bits per heavy atom. The summed E-state index contributed by atoms with van der Waals surface area (Å²) in [4.78, 5) is 11.7. The van der Waals surface area contributed by atoms with Crippen LogP contribution >= 0.6 is 15.9 Å². The van der Waals surface area contributed by atoms with E-state index in [-0.39, 0.29) is 0 Å². The van der Waals surface area contributed by atoms with Crippen LogP contribution in [0.25, 0.3) is 0 Å². The minimum absolute atomic E-state index is 0.658. The second-order valence-corrected chi connectivity index (χ2v) is 3.23. The van der Waals surface area contributed by atoms with Gasteiger partial charge in [0, 0.05) is 17.2 Å². The smallest absolute Gasteiger partial charge is 0.411 e. The molecule has 0 radical (unpaired) electrons. The molecule has 3 nitrogen and oxygen atoms in total. The van der Waals surface area contributed by atoms with E-state index in [1.165, 1.54) is 7.05 Å². The average Bonchev–Trinajstić information content (AvgIpc) is 2.04. The van der Waals surface area contributed by atoms with Crippen LogP contribution in [0, 0.1) is 0 Å². The molecule has 1 aromatic rings. The normalized spacial score (nSPS) is 9.50. The number of amides is 1. The summed E-state index contributed by atoms with van der Waals surface area (Å²) in [6.45, 7) is 0. The summed E-state index contributed by atoms with van der Waals surface area (Å²) in [7, 11) is 1.51. The summed E-state index contributed by atoms with van der Waals surface area (Å²) >= 11 is 3.27. The molecule has 1 aromatic carbocycles. The second-order valence-electron chi connectivity index (χ2n) is 2.32. The molecule has 4 heteroatoms. The van der Waals surface area contributed by atoms with Gasteiger partial charge in [0.05, 0.1) is 0 Å². The van der Waals surface area contributed by atoms with E-state index in [2.05, 4.69) is 15.9 Å². The molecule has 1 rings (SSSR count). The lowest BCUT2D eigenvalue weighted by atomic mass is 10.3. The fourth-order valence-corrected chi connectivity index (χ4v) is 1.04. The van der Waals surface area contributed by atoms with Crippen LogP contribution in [0.2, 0.25) is 0 Å². The lowest BCUT2D eigenvalue weighted by molar-refractivity contribution is 0.203. The Kier molecular flexibility index (Phi) is 2.70. The largest absolute Gasteiger partial charge is 0.465 e. The van der Waals surface area contributed by atoms with Crippen LogP contribution in [0.15, 0.2) is 28.7 Å². The van der Waals surface area contributed by atoms with Crippen molar-refractivity contribution in [3.63, 3.8) is 0 Å². The number of nitrogens with zero attached hydrogens (tertiary/aromatic N) is 1. The van der Waals surface area contributed by atoms with E-state index >= 15 is 0 Å². The zero-order chi connectivity index (χ0) is 9.14. The molecular weight excluding hydrogens is 222 g/mol. The standard InChI is InChI=1S/C8H8BrNO2/c1-10(8(11)12)7-4-2-6(9)3-5-7/h2-5H,1H3,(H,11,12). The summed E-state index contributed by atoms with van der Waals surface area (Å²) < 4.78 is 0.935. The maximum absolute atomic E-state index is 10.5. The molecule has 0 unspecified atom stereocenters. The molecule has 0 spiro atoms. The Morgan fingerprint density at radius 1 is 1.42 bits per heavy atom. The van der Waals surface area contributed by atoms with Gasteiger partial charge in [-0.1, -0.05) is 15.9 Å². The highest BCUT2D eigenvalue weighted by Gasteiger charge is 2.06. The molecule has 1 amide bonds. The third-order valence-electron chi connectivity index (χ3n) is 1.50. The number of hydrogen-bond donors (Lipinski definition) is 1. The fraction of sp³-hybridized carbons (Fsp3) is 0.125. The van der Waals surface area contributed by atoms with Gasteiger partial charge in [-0.25, -0.2) is 4.79 Å². The minimum atomic E-state index is -0.961. The highest BCUT2D eigenvalue weighted by atomic mass is 79.9. The van der Waals surface area contributed by atoms with Gasteiger partial charge in [0.1, 0.15) is 0 Å². The van der Waals surface area contributed by atoms with E-state index in [0.29, 0.717) is 5.69 Å². The maximum atomic E-state index is 10.5. The topological polar surface area (TPSA) is 40.5 Å². The van der Waals surface area contributed by atoms with Crippen LogP contribution in [0.4, 0.5) is 10.5 Å². The SMILES string of the molecule is CN(C(=O)O)c1ccc(Br)cc1. The van der Waals surface area contributed by atoms with Gasteiger partial charge in [-0.3, -0.25) is 4.90 Å². The Balaban J connectivity index is 2.89. The number of benzene rings is 1. The summed E-state index contributed by atoms with van der Waals surface area (Å²) in [5.74, 6) is 0. The van der Waals surface area contributed by atoms with Crippen molar-refractivity contribution in [3.8, 4) is 0 Å². The number of anilines is 1. The predicted molar refractivity (Wildman–Crippen MR) is 50.6 cm³/mol. The third-order valence-corrected chi connectivity index (χ3v) is 2.03. The van der Waals surface area contributed by atoms with Crippen LogP contribution in [0.3, 0.4) is 0 Å². The van der Waals surface area contributed by atoms with Crippen molar-refractivity contribution < 1.29 is 9.90 Å². The van der Waals surface area contributed by atoms with Crippen molar-refractivity contribution in [3.05, 3.63) is 28.7 Å². The number of carboxylic acid groups (broad SMARTS) is 1. The Hall–Kier alpha value is -1.03. The van der Waals surface area contributed by atoms with Crippen molar-refractivity contribution in [1.82, 2.24) is 0 Å². The molecular formula is C8H8BrNO2.